The van der Waals surface area contributed by atoms with Crippen molar-refractivity contribution in [2.24, 2.45) is 4.99 Å². The number of rotatable bonds is 5. The first-order chi connectivity index (χ1) is 14.5. The molecule has 0 aliphatic rings. The summed E-state index contributed by atoms with van der Waals surface area (Å²) in [5, 5.41) is 0.435. The molecule has 30 heavy (non-hydrogen) atoms. The number of hydrogen-bond acceptors (Lipinski definition) is 4. The van der Waals surface area contributed by atoms with E-state index in [1.54, 1.807) is 42.5 Å². The Kier molecular flexibility index (Phi) is 5.76. The molecule has 0 atom stereocenters. The summed E-state index contributed by atoms with van der Waals surface area (Å²) < 4.78 is 29.5. The molecule has 0 saturated heterocycles. The number of aromatic nitrogens is 1. The number of halogens is 2. The minimum absolute atomic E-state index is 0.153. The molecule has 1 aromatic heterocycles. The fourth-order valence-electron chi connectivity index (χ4n) is 3.08. The molecule has 0 fully saturated rings. The van der Waals surface area contributed by atoms with Gasteiger partial charge in [-0.2, -0.15) is 0 Å². The van der Waals surface area contributed by atoms with Crippen LogP contribution in [0.5, 0.6) is 0 Å². The van der Waals surface area contributed by atoms with Crippen LogP contribution in [0.3, 0.4) is 0 Å². The molecule has 0 aliphatic carbocycles. The van der Waals surface area contributed by atoms with Gasteiger partial charge < -0.3 is 9.71 Å². The zero-order chi connectivity index (χ0) is 21.1. The Labute approximate surface area is 178 Å². The third-order valence-electron chi connectivity index (χ3n) is 4.58. The van der Waals surface area contributed by atoms with Gasteiger partial charge in [-0.25, -0.2) is 9.98 Å². The molecule has 150 valence electrons. The molecule has 0 saturated carbocycles. The predicted molar refractivity (Wildman–Crippen MR) is 123 cm³/mol. The number of anilines is 2. The summed E-state index contributed by atoms with van der Waals surface area (Å²) >= 11 is 1.37. The van der Waals surface area contributed by atoms with Crippen molar-refractivity contribution >= 4 is 51.3 Å². The molecule has 3 aromatic carbocycles. The van der Waals surface area contributed by atoms with Crippen molar-refractivity contribution < 1.29 is 8.63 Å². The molecule has 0 bridgehead atoms. The van der Waals surface area contributed by atoms with Crippen molar-refractivity contribution in [1.82, 2.24) is 4.98 Å². The normalized spacial score (nSPS) is 11.5. The third kappa shape index (κ3) is 4.18. The fourth-order valence-corrected chi connectivity index (χ4v) is 3.92. The SMILES string of the molecule is CN(C)c1ccc(/C(=N\c2nc3ccccc3s2)N(B(F)F)c2ccccc2)cc1. The summed E-state index contributed by atoms with van der Waals surface area (Å²) in [6.07, 6.45) is 0. The molecule has 0 N–H and O–H groups in total. The number of para-hydroxylation sites is 2. The van der Waals surface area contributed by atoms with E-state index in [0.717, 1.165) is 20.7 Å². The largest absolute Gasteiger partial charge is 0.679 e. The number of amidine groups is 1. The van der Waals surface area contributed by atoms with E-state index in [9.17, 15) is 8.63 Å². The van der Waals surface area contributed by atoms with Crippen LogP contribution in [0.25, 0.3) is 10.2 Å². The topological polar surface area (TPSA) is 31.7 Å². The van der Waals surface area contributed by atoms with Gasteiger partial charge >= 0.3 is 7.40 Å². The van der Waals surface area contributed by atoms with Crippen molar-refractivity contribution in [2.45, 2.75) is 0 Å². The Morgan fingerprint density at radius 3 is 2.17 bits per heavy atom. The predicted octanol–water partition coefficient (Wildman–Crippen LogP) is 5.87. The van der Waals surface area contributed by atoms with Gasteiger partial charge in [0.15, 0.2) is 0 Å². The first kappa shape index (κ1) is 20.0. The fraction of sp³-hybridized carbons (Fsp3) is 0.0909. The van der Waals surface area contributed by atoms with Gasteiger partial charge in [0.1, 0.15) is 5.84 Å². The van der Waals surface area contributed by atoms with Crippen LogP contribution in [0.1, 0.15) is 5.56 Å². The van der Waals surface area contributed by atoms with Crippen molar-refractivity contribution in [2.75, 3.05) is 23.8 Å². The number of fused-ring (bicyclic) bond motifs is 1. The molecule has 0 spiro atoms. The quantitative estimate of drug-likeness (QED) is 0.230. The van der Waals surface area contributed by atoms with Gasteiger partial charge in [-0.3, -0.25) is 8.63 Å². The van der Waals surface area contributed by atoms with E-state index >= 15 is 0 Å². The van der Waals surface area contributed by atoms with E-state index in [1.165, 1.54) is 11.3 Å². The standard InChI is InChI=1S/C22H19BF2N4S/c1-28(2)17-14-12-16(13-15-17)21(29(23(24)25)18-8-4-3-5-9-18)27-22-26-19-10-6-7-11-20(19)30-22/h3-15H,1-2H3/b27-21+. The average Bonchev–Trinajstić information content (AvgIpc) is 3.16. The maximum Gasteiger partial charge on any atom is 0.679 e. The molecular formula is C22H19BF2N4S. The summed E-state index contributed by atoms with van der Waals surface area (Å²) in [6, 6.07) is 23.6. The lowest BCUT2D eigenvalue weighted by molar-refractivity contribution is 0.659. The molecular weight excluding hydrogens is 401 g/mol. The lowest BCUT2D eigenvalue weighted by Crippen LogP contribution is -2.39. The number of thiazole rings is 1. The molecule has 4 aromatic rings. The minimum Gasteiger partial charge on any atom is -0.378 e. The average molecular weight is 420 g/mol. The monoisotopic (exact) mass is 420 g/mol. The third-order valence-corrected chi connectivity index (χ3v) is 5.51. The number of hydrogen-bond donors (Lipinski definition) is 0. The Balaban J connectivity index is 1.87. The van der Waals surface area contributed by atoms with E-state index in [-0.39, 0.29) is 5.84 Å². The first-order valence-electron chi connectivity index (χ1n) is 9.37. The van der Waals surface area contributed by atoms with E-state index in [1.807, 2.05) is 55.4 Å². The van der Waals surface area contributed by atoms with E-state index < -0.39 is 7.40 Å². The Morgan fingerprint density at radius 2 is 1.53 bits per heavy atom. The van der Waals surface area contributed by atoms with Crippen LogP contribution in [0, 0.1) is 0 Å². The highest BCUT2D eigenvalue weighted by molar-refractivity contribution is 7.22. The first-order valence-corrected chi connectivity index (χ1v) is 10.2. The van der Waals surface area contributed by atoms with Crippen LogP contribution >= 0.6 is 11.3 Å². The summed E-state index contributed by atoms with van der Waals surface area (Å²) in [5.41, 5.74) is 2.72. The van der Waals surface area contributed by atoms with Crippen molar-refractivity contribution in [3.8, 4) is 0 Å². The van der Waals surface area contributed by atoms with Crippen LogP contribution in [-0.2, 0) is 0 Å². The molecule has 0 unspecified atom stereocenters. The van der Waals surface area contributed by atoms with Crippen molar-refractivity contribution in [3.05, 3.63) is 84.4 Å². The van der Waals surface area contributed by atoms with Gasteiger partial charge in [0.2, 0.25) is 5.13 Å². The minimum atomic E-state index is -2.77. The number of benzene rings is 3. The smallest absolute Gasteiger partial charge is 0.378 e. The summed E-state index contributed by atoms with van der Waals surface area (Å²) in [5.74, 6) is 0.153. The van der Waals surface area contributed by atoms with Gasteiger partial charge in [0.05, 0.1) is 10.2 Å². The second-order valence-electron chi connectivity index (χ2n) is 6.82. The molecule has 1 heterocycles. The summed E-state index contributed by atoms with van der Waals surface area (Å²) in [6.45, 7) is 0. The van der Waals surface area contributed by atoms with Crippen LogP contribution in [0.2, 0.25) is 0 Å². The van der Waals surface area contributed by atoms with Crippen LogP contribution in [0.15, 0.2) is 83.9 Å². The molecule has 0 radical (unpaired) electrons. The molecule has 0 amide bonds. The maximum atomic E-state index is 14.3. The highest BCUT2D eigenvalue weighted by Gasteiger charge is 2.31. The van der Waals surface area contributed by atoms with E-state index in [0.29, 0.717) is 16.4 Å². The Hall–Kier alpha value is -3.26. The number of aliphatic imine (C=N–C) groups is 1. The Morgan fingerprint density at radius 1 is 0.867 bits per heavy atom. The summed E-state index contributed by atoms with van der Waals surface area (Å²) in [4.78, 5) is 12.0. The Bertz CT molecular complexity index is 1130. The van der Waals surface area contributed by atoms with Crippen molar-refractivity contribution in [1.29, 1.82) is 0 Å². The van der Waals surface area contributed by atoms with Gasteiger partial charge in [0, 0.05) is 31.0 Å². The zero-order valence-corrected chi connectivity index (χ0v) is 17.4. The molecule has 0 aliphatic heterocycles. The van der Waals surface area contributed by atoms with Crippen LogP contribution in [-0.4, -0.2) is 32.3 Å². The van der Waals surface area contributed by atoms with Crippen molar-refractivity contribution in [3.63, 3.8) is 0 Å². The second-order valence-corrected chi connectivity index (χ2v) is 7.83. The van der Waals surface area contributed by atoms with E-state index in [4.69, 9.17) is 0 Å². The highest BCUT2D eigenvalue weighted by atomic mass is 32.1. The summed E-state index contributed by atoms with van der Waals surface area (Å²) in [7, 11) is 1.09. The second kappa shape index (κ2) is 8.63. The van der Waals surface area contributed by atoms with Gasteiger partial charge in [-0.15, -0.1) is 0 Å². The molecule has 4 nitrogen and oxygen atoms in total. The number of nitrogens with zero attached hydrogens (tertiary/aromatic N) is 4. The van der Waals surface area contributed by atoms with Gasteiger partial charge in [-0.1, -0.05) is 41.7 Å². The van der Waals surface area contributed by atoms with Gasteiger partial charge in [-0.05, 0) is 48.5 Å². The highest BCUT2D eigenvalue weighted by Crippen LogP contribution is 2.30. The van der Waals surface area contributed by atoms with Crippen LogP contribution in [0.4, 0.5) is 25.1 Å². The zero-order valence-electron chi connectivity index (χ0n) is 16.5. The van der Waals surface area contributed by atoms with E-state index in [2.05, 4.69) is 9.98 Å². The lowest BCUT2D eigenvalue weighted by Gasteiger charge is -2.24. The molecule has 4 rings (SSSR count). The maximum absolute atomic E-state index is 14.3. The van der Waals surface area contributed by atoms with Gasteiger partial charge in [0.25, 0.3) is 0 Å². The van der Waals surface area contributed by atoms with Crippen LogP contribution < -0.4 is 9.71 Å². The lowest BCUT2D eigenvalue weighted by atomic mass is 10.0. The molecule has 8 heteroatoms.